The Labute approximate surface area is 127 Å². The minimum Gasteiger partial charge on any atom is -0.307 e. The molecule has 0 radical (unpaired) electrons. The second kappa shape index (κ2) is 4.94. The van der Waals surface area contributed by atoms with E-state index in [4.69, 9.17) is 11.6 Å². The Balaban J connectivity index is 2.13. The van der Waals surface area contributed by atoms with Gasteiger partial charge in [-0.25, -0.2) is 0 Å². The molecule has 1 saturated carbocycles. The molecule has 0 unspecified atom stereocenters. The summed E-state index contributed by atoms with van der Waals surface area (Å²) in [6, 6.07) is 6.36. The lowest BCUT2D eigenvalue weighted by Crippen LogP contribution is -2.01. The fourth-order valence-electron chi connectivity index (χ4n) is 2.01. The molecule has 1 aromatic carbocycles. The molecule has 1 fully saturated rings. The number of halogens is 3. The highest BCUT2D eigenvalue weighted by atomic mass is 79.9. The molecule has 0 N–H and O–H groups in total. The lowest BCUT2D eigenvalue weighted by atomic mass is 10.2. The van der Waals surface area contributed by atoms with Gasteiger partial charge in [-0.1, -0.05) is 43.5 Å². The van der Waals surface area contributed by atoms with E-state index in [9.17, 15) is 0 Å². The molecule has 2 aromatic rings. The lowest BCUT2D eigenvalue weighted by molar-refractivity contribution is 0.714. The first-order valence-corrected chi connectivity index (χ1v) is 7.94. The Kier molecular flexibility index (Phi) is 3.47. The third-order valence-electron chi connectivity index (χ3n) is 2.92. The zero-order valence-electron chi connectivity index (χ0n) is 9.41. The normalized spacial score (nSPS) is 15.1. The second-order valence-corrected chi connectivity index (χ2v) is 6.25. The molecule has 1 aromatic heterocycles. The molecule has 18 heavy (non-hydrogen) atoms. The van der Waals surface area contributed by atoms with E-state index >= 15 is 0 Å². The number of rotatable bonds is 3. The smallest absolute Gasteiger partial charge is 0.164 e. The minimum atomic E-state index is 0.542. The summed E-state index contributed by atoms with van der Waals surface area (Å²) in [6.07, 6.45) is 2.40. The largest absolute Gasteiger partial charge is 0.307 e. The summed E-state index contributed by atoms with van der Waals surface area (Å²) in [6.45, 7) is 0. The summed E-state index contributed by atoms with van der Waals surface area (Å²) >= 11 is 13.0. The van der Waals surface area contributed by atoms with Gasteiger partial charge in [0.2, 0.25) is 0 Å². The van der Waals surface area contributed by atoms with Crippen molar-refractivity contribution in [2.24, 2.45) is 0 Å². The van der Waals surface area contributed by atoms with E-state index in [0.29, 0.717) is 11.1 Å². The molecular weight excluding hydrogens is 381 g/mol. The Hall–Kier alpha value is -0.390. The SMILES string of the molecule is Clc1cc(Br)cc(-c2nnc(CBr)n2C2CC2)c1. The fourth-order valence-corrected chi connectivity index (χ4v) is 3.25. The molecule has 0 amide bonds. The zero-order valence-corrected chi connectivity index (χ0v) is 13.3. The van der Waals surface area contributed by atoms with E-state index in [1.807, 2.05) is 18.2 Å². The topological polar surface area (TPSA) is 30.7 Å². The fraction of sp³-hybridized carbons (Fsp3) is 0.333. The maximum absolute atomic E-state index is 6.09. The summed E-state index contributed by atoms with van der Waals surface area (Å²) in [5.74, 6) is 1.87. The molecule has 94 valence electrons. The first-order valence-electron chi connectivity index (χ1n) is 5.65. The van der Waals surface area contributed by atoms with Crippen LogP contribution in [0.5, 0.6) is 0 Å². The van der Waals surface area contributed by atoms with Crippen molar-refractivity contribution in [1.29, 1.82) is 0 Å². The van der Waals surface area contributed by atoms with Gasteiger partial charge in [0.1, 0.15) is 5.82 Å². The Morgan fingerprint density at radius 2 is 2.06 bits per heavy atom. The highest BCUT2D eigenvalue weighted by Gasteiger charge is 2.29. The summed E-state index contributed by atoms with van der Waals surface area (Å²) < 4.78 is 3.17. The molecule has 0 spiro atoms. The number of hydrogen-bond acceptors (Lipinski definition) is 2. The molecule has 3 rings (SSSR count). The van der Waals surface area contributed by atoms with Crippen molar-refractivity contribution < 1.29 is 0 Å². The zero-order chi connectivity index (χ0) is 12.7. The van der Waals surface area contributed by atoms with Crippen molar-refractivity contribution in [2.45, 2.75) is 24.2 Å². The predicted octanol–water partition coefficient (Wildman–Crippen LogP) is 4.59. The molecule has 0 atom stereocenters. The molecule has 0 bridgehead atoms. The van der Waals surface area contributed by atoms with Crippen molar-refractivity contribution in [3.05, 3.63) is 33.5 Å². The van der Waals surface area contributed by atoms with Crippen LogP contribution in [-0.2, 0) is 5.33 Å². The van der Waals surface area contributed by atoms with Crippen LogP contribution in [0.3, 0.4) is 0 Å². The van der Waals surface area contributed by atoms with Gasteiger partial charge < -0.3 is 4.57 Å². The number of nitrogens with zero attached hydrogens (tertiary/aromatic N) is 3. The Morgan fingerprint density at radius 1 is 1.28 bits per heavy atom. The number of aromatic nitrogens is 3. The van der Waals surface area contributed by atoms with Crippen LogP contribution in [0, 0.1) is 0 Å². The van der Waals surface area contributed by atoms with Crippen LogP contribution < -0.4 is 0 Å². The monoisotopic (exact) mass is 389 g/mol. The highest BCUT2D eigenvalue weighted by Crippen LogP contribution is 2.40. The second-order valence-electron chi connectivity index (χ2n) is 4.33. The van der Waals surface area contributed by atoms with Gasteiger partial charge in [-0.05, 0) is 31.0 Å². The van der Waals surface area contributed by atoms with Gasteiger partial charge in [0.15, 0.2) is 5.82 Å². The van der Waals surface area contributed by atoms with Gasteiger partial charge in [-0.3, -0.25) is 0 Å². The van der Waals surface area contributed by atoms with E-state index in [2.05, 4.69) is 46.6 Å². The molecule has 0 saturated heterocycles. The van der Waals surface area contributed by atoms with Crippen LogP contribution in [0.4, 0.5) is 0 Å². The molecule has 1 heterocycles. The Morgan fingerprint density at radius 3 is 2.67 bits per heavy atom. The van der Waals surface area contributed by atoms with Crippen molar-refractivity contribution in [3.8, 4) is 11.4 Å². The van der Waals surface area contributed by atoms with Gasteiger partial charge in [0, 0.05) is 21.1 Å². The number of alkyl halides is 1. The summed E-state index contributed by atoms with van der Waals surface area (Å²) in [4.78, 5) is 0. The van der Waals surface area contributed by atoms with Gasteiger partial charge >= 0.3 is 0 Å². The maximum atomic E-state index is 6.09. The summed E-state index contributed by atoms with van der Waals surface area (Å²) in [5, 5.41) is 9.96. The van der Waals surface area contributed by atoms with Gasteiger partial charge in [-0.2, -0.15) is 0 Å². The third-order valence-corrected chi connectivity index (χ3v) is 4.10. The molecule has 3 nitrogen and oxygen atoms in total. The molecular formula is C12H10Br2ClN3. The molecule has 0 aliphatic heterocycles. The van der Waals surface area contributed by atoms with Gasteiger partial charge in [-0.15, -0.1) is 10.2 Å². The third kappa shape index (κ3) is 2.36. The summed E-state index contributed by atoms with van der Waals surface area (Å²) in [7, 11) is 0. The van der Waals surface area contributed by atoms with Crippen LogP contribution in [0.15, 0.2) is 22.7 Å². The number of benzene rings is 1. The van der Waals surface area contributed by atoms with Crippen LogP contribution in [0.2, 0.25) is 5.02 Å². The predicted molar refractivity (Wildman–Crippen MR) is 79.1 cm³/mol. The van der Waals surface area contributed by atoms with Crippen molar-refractivity contribution in [1.82, 2.24) is 14.8 Å². The molecule has 6 heteroatoms. The minimum absolute atomic E-state index is 0.542. The first-order chi connectivity index (χ1) is 8.69. The van der Waals surface area contributed by atoms with Crippen LogP contribution in [0.25, 0.3) is 11.4 Å². The van der Waals surface area contributed by atoms with Gasteiger partial charge in [0.25, 0.3) is 0 Å². The molecule has 1 aliphatic rings. The number of hydrogen-bond donors (Lipinski definition) is 0. The van der Waals surface area contributed by atoms with E-state index in [1.165, 1.54) is 12.8 Å². The van der Waals surface area contributed by atoms with E-state index < -0.39 is 0 Å². The van der Waals surface area contributed by atoms with Crippen molar-refractivity contribution >= 4 is 43.5 Å². The average molecular weight is 391 g/mol. The maximum Gasteiger partial charge on any atom is 0.164 e. The highest BCUT2D eigenvalue weighted by molar-refractivity contribution is 9.10. The summed E-state index contributed by atoms with van der Waals surface area (Å²) in [5.41, 5.74) is 1.00. The van der Waals surface area contributed by atoms with Crippen LogP contribution in [0.1, 0.15) is 24.7 Å². The van der Waals surface area contributed by atoms with E-state index in [0.717, 1.165) is 27.0 Å². The standard InChI is InChI=1S/C12H10Br2ClN3/c13-6-11-16-17-12(18(11)10-1-2-10)7-3-8(14)5-9(15)4-7/h3-5,10H,1-2,6H2. The van der Waals surface area contributed by atoms with Crippen LogP contribution in [-0.4, -0.2) is 14.8 Å². The van der Waals surface area contributed by atoms with Gasteiger partial charge in [0.05, 0.1) is 5.33 Å². The van der Waals surface area contributed by atoms with Crippen molar-refractivity contribution in [3.63, 3.8) is 0 Å². The quantitative estimate of drug-likeness (QED) is 0.717. The average Bonchev–Trinajstić information content (AvgIpc) is 3.07. The Bertz CT molecular complexity index is 573. The van der Waals surface area contributed by atoms with E-state index in [-0.39, 0.29) is 0 Å². The van der Waals surface area contributed by atoms with Crippen LogP contribution >= 0.6 is 43.5 Å². The van der Waals surface area contributed by atoms with E-state index in [1.54, 1.807) is 0 Å². The lowest BCUT2D eigenvalue weighted by Gasteiger charge is -2.08. The molecule has 1 aliphatic carbocycles. The van der Waals surface area contributed by atoms with Crippen molar-refractivity contribution in [2.75, 3.05) is 0 Å². The first kappa shape index (κ1) is 12.6.